The van der Waals surface area contributed by atoms with Crippen molar-refractivity contribution in [3.63, 3.8) is 0 Å². The van der Waals surface area contributed by atoms with Crippen LogP contribution in [0.5, 0.6) is 0 Å². The number of carbonyl (C=O) groups excluding carboxylic acids is 1. The highest BCUT2D eigenvalue weighted by atomic mass is 16.5. The number of hydrogen-bond acceptors (Lipinski definition) is 6. The average Bonchev–Trinajstić information content (AvgIpc) is 2.84. The van der Waals surface area contributed by atoms with Crippen LogP contribution in [-0.2, 0) is 0 Å². The lowest BCUT2D eigenvalue weighted by Crippen LogP contribution is -2.13. The minimum Gasteiger partial charge on any atom is -0.383 e. The number of nitrogens with one attached hydrogen (secondary N) is 1. The number of aromatic nitrogens is 3. The summed E-state index contributed by atoms with van der Waals surface area (Å²) >= 11 is 0. The third-order valence-corrected chi connectivity index (χ3v) is 2.82. The SMILES string of the molecule is Cc1noc(NC(=O)c2cnc(N)c3ccccc23)n1. The highest BCUT2D eigenvalue weighted by Crippen LogP contribution is 2.22. The second-order valence-electron chi connectivity index (χ2n) is 4.20. The van der Waals surface area contributed by atoms with E-state index in [1.807, 2.05) is 18.2 Å². The Balaban J connectivity index is 2.01. The molecule has 20 heavy (non-hydrogen) atoms. The van der Waals surface area contributed by atoms with Crippen molar-refractivity contribution in [1.29, 1.82) is 0 Å². The van der Waals surface area contributed by atoms with E-state index in [-0.39, 0.29) is 11.9 Å². The number of rotatable bonds is 2. The molecule has 0 atom stereocenters. The molecule has 0 unspecified atom stereocenters. The third-order valence-electron chi connectivity index (χ3n) is 2.82. The van der Waals surface area contributed by atoms with E-state index in [4.69, 9.17) is 10.3 Å². The van der Waals surface area contributed by atoms with Gasteiger partial charge in [-0.05, 0) is 12.3 Å². The van der Waals surface area contributed by atoms with Gasteiger partial charge in [-0.3, -0.25) is 10.1 Å². The van der Waals surface area contributed by atoms with Gasteiger partial charge in [0, 0.05) is 11.6 Å². The molecule has 0 fully saturated rings. The molecule has 0 spiro atoms. The maximum Gasteiger partial charge on any atom is 0.328 e. The van der Waals surface area contributed by atoms with Crippen LogP contribution in [-0.4, -0.2) is 21.0 Å². The third kappa shape index (κ3) is 2.05. The Hall–Kier alpha value is -2.96. The molecule has 0 aliphatic heterocycles. The molecule has 2 aromatic heterocycles. The molecular formula is C13H11N5O2. The number of pyridine rings is 1. The number of carbonyl (C=O) groups is 1. The highest BCUT2D eigenvalue weighted by Gasteiger charge is 2.15. The summed E-state index contributed by atoms with van der Waals surface area (Å²) in [4.78, 5) is 20.2. The zero-order valence-electron chi connectivity index (χ0n) is 10.6. The predicted octanol–water partition coefficient (Wildman–Crippen LogP) is 1.76. The van der Waals surface area contributed by atoms with Crippen molar-refractivity contribution < 1.29 is 9.32 Å². The van der Waals surface area contributed by atoms with E-state index in [1.54, 1.807) is 13.0 Å². The van der Waals surface area contributed by atoms with Gasteiger partial charge in [0.1, 0.15) is 5.82 Å². The van der Waals surface area contributed by atoms with Crippen LogP contribution >= 0.6 is 0 Å². The minimum atomic E-state index is -0.377. The van der Waals surface area contributed by atoms with Gasteiger partial charge >= 0.3 is 6.01 Å². The van der Waals surface area contributed by atoms with Crippen LogP contribution in [0, 0.1) is 6.92 Å². The number of fused-ring (bicyclic) bond motifs is 1. The number of nitrogen functional groups attached to an aromatic ring is 1. The Morgan fingerprint density at radius 2 is 2.05 bits per heavy atom. The first-order valence-corrected chi connectivity index (χ1v) is 5.90. The maximum atomic E-state index is 12.2. The summed E-state index contributed by atoms with van der Waals surface area (Å²) in [6.45, 7) is 1.67. The predicted molar refractivity (Wildman–Crippen MR) is 73.1 cm³/mol. The van der Waals surface area contributed by atoms with Crippen LogP contribution < -0.4 is 11.1 Å². The van der Waals surface area contributed by atoms with Gasteiger partial charge in [-0.1, -0.05) is 29.4 Å². The summed E-state index contributed by atoms with van der Waals surface area (Å²) in [7, 11) is 0. The number of nitrogens with two attached hydrogens (primary N) is 1. The summed E-state index contributed by atoms with van der Waals surface area (Å²) < 4.78 is 4.85. The molecule has 3 aromatic rings. The van der Waals surface area contributed by atoms with Gasteiger partial charge in [0.2, 0.25) is 0 Å². The van der Waals surface area contributed by atoms with E-state index in [0.717, 1.165) is 5.39 Å². The number of anilines is 2. The van der Waals surface area contributed by atoms with Crippen LogP contribution in [0.25, 0.3) is 10.8 Å². The van der Waals surface area contributed by atoms with Crippen LogP contribution in [0.1, 0.15) is 16.2 Å². The van der Waals surface area contributed by atoms with Crippen LogP contribution in [0.15, 0.2) is 35.0 Å². The molecule has 1 amide bonds. The lowest BCUT2D eigenvalue weighted by atomic mass is 10.1. The van der Waals surface area contributed by atoms with Gasteiger partial charge in [0.25, 0.3) is 5.91 Å². The molecule has 7 nitrogen and oxygen atoms in total. The van der Waals surface area contributed by atoms with Gasteiger partial charge in [-0.15, -0.1) is 0 Å². The monoisotopic (exact) mass is 269 g/mol. The van der Waals surface area contributed by atoms with Crippen molar-refractivity contribution in [3.05, 3.63) is 41.9 Å². The molecular weight excluding hydrogens is 258 g/mol. The number of benzene rings is 1. The van der Waals surface area contributed by atoms with Gasteiger partial charge in [-0.2, -0.15) is 4.98 Å². The van der Waals surface area contributed by atoms with Crippen molar-refractivity contribution in [2.75, 3.05) is 11.1 Å². The molecule has 0 saturated heterocycles. The molecule has 3 rings (SSSR count). The fourth-order valence-electron chi connectivity index (χ4n) is 1.91. The standard InChI is InChI=1S/C13H11N5O2/c1-7-16-13(20-18-7)17-12(19)10-6-15-11(14)9-5-3-2-4-8(9)10/h2-6H,1H3,(H2,14,15)(H,16,17,18,19). The summed E-state index contributed by atoms with van der Waals surface area (Å²) in [5.41, 5.74) is 6.19. The highest BCUT2D eigenvalue weighted by molar-refractivity contribution is 6.13. The van der Waals surface area contributed by atoms with E-state index < -0.39 is 0 Å². The van der Waals surface area contributed by atoms with E-state index in [9.17, 15) is 4.79 Å². The minimum absolute atomic E-state index is 0.0495. The first kappa shape index (κ1) is 12.1. The summed E-state index contributed by atoms with van der Waals surface area (Å²) in [5.74, 6) is 0.448. The Morgan fingerprint density at radius 3 is 2.75 bits per heavy atom. The number of hydrogen-bond donors (Lipinski definition) is 2. The summed E-state index contributed by atoms with van der Waals surface area (Å²) in [6.07, 6.45) is 1.43. The zero-order chi connectivity index (χ0) is 14.1. The van der Waals surface area contributed by atoms with Crippen molar-refractivity contribution >= 4 is 28.5 Å². The molecule has 100 valence electrons. The Labute approximate surface area is 113 Å². The number of nitrogens with zero attached hydrogens (tertiary/aromatic N) is 3. The fourth-order valence-corrected chi connectivity index (χ4v) is 1.91. The number of amides is 1. The smallest absolute Gasteiger partial charge is 0.328 e. The normalized spacial score (nSPS) is 10.7. The average molecular weight is 269 g/mol. The van der Waals surface area contributed by atoms with Gasteiger partial charge in [0.05, 0.1) is 5.56 Å². The summed E-state index contributed by atoms with van der Waals surface area (Å²) in [6, 6.07) is 7.33. The van der Waals surface area contributed by atoms with E-state index in [0.29, 0.717) is 22.6 Å². The Kier molecular flexibility index (Phi) is 2.79. The molecule has 7 heteroatoms. The van der Waals surface area contributed by atoms with Crippen LogP contribution in [0.4, 0.5) is 11.8 Å². The maximum absolute atomic E-state index is 12.2. The lowest BCUT2D eigenvalue weighted by molar-refractivity contribution is 0.102. The first-order valence-electron chi connectivity index (χ1n) is 5.90. The van der Waals surface area contributed by atoms with E-state index in [2.05, 4.69) is 20.4 Å². The first-order chi connectivity index (χ1) is 9.65. The summed E-state index contributed by atoms with van der Waals surface area (Å²) in [5, 5.41) is 7.57. The number of aryl methyl sites for hydroxylation is 1. The largest absolute Gasteiger partial charge is 0.383 e. The van der Waals surface area contributed by atoms with Crippen LogP contribution in [0.3, 0.4) is 0 Å². The second kappa shape index (κ2) is 4.61. The van der Waals surface area contributed by atoms with Crippen molar-refractivity contribution in [3.8, 4) is 0 Å². The zero-order valence-corrected chi connectivity index (χ0v) is 10.6. The van der Waals surface area contributed by atoms with Gasteiger partial charge in [-0.25, -0.2) is 4.98 Å². The molecule has 3 N–H and O–H groups in total. The van der Waals surface area contributed by atoms with Gasteiger partial charge in [0.15, 0.2) is 5.82 Å². The van der Waals surface area contributed by atoms with E-state index >= 15 is 0 Å². The Morgan fingerprint density at radius 1 is 1.30 bits per heavy atom. The lowest BCUT2D eigenvalue weighted by Gasteiger charge is -2.06. The topological polar surface area (TPSA) is 107 Å². The Bertz CT molecular complexity index is 796. The fraction of sp³-hybridized carbons (Fsp3) is 0.0769. The molecule has 0 saturated carbocycles. The van der Waals surface area contributed by atoms with E-state index in [1.165, 1.54) is 6.20 Å². The molecule has 0 bridgehead atoms. The molecule has 1 aromatic carbocycles. The second-order valence-corrected chi connectivity index (χ2v) is 4.20. The quantitative estimate of drug-likeness (QED) is 0.734. The molecule has 0 aliphatic rings. The molecule has 0 radical (unpaired) electrons. The van der Waals surface area contributed by atoms with Gasteiger partial charge < -0.3 is 10.3 Å². The van der Waals surface area contributed by atoms with Crippen LogP contribution in [0.2, 0.25) is 0 Å². The molecule has 2 heterocycles. The molecule has 0 aliphatic carbocycles. The van der Waals surface area contributed by atoms with Crippen molar-refractivity contribution in [1.82, 2.24) is 15.1 Å². The van der Waals surface area contributed by atoms with Crippen molar-refractivity contribution in [2.45, 2.75) is 6.92 Å². The van der Waals surface area contributed by atoms with Crippen molar-refractivity contribution in [2.24, 2.45) is 0 Å².